The third-order valence-electron chi connectivity index (χ3n) is 3.96. The number of rotatable bonds is 8. The zero-order valence-corrected chi connectivity index (χ0v) is 15.3. The summed E-state index contributed by atoms with van der Waals surface area (Å²) in [6.07, 6.45) is 1.52. The Balaban J connectivity index is 0.00000288. The monoisotopic (exact) mass is 347 g/mol. The second-order valence-corrected chi connectivity index (χ2v) is 6.55. The van der Waals surface area contributed by atoms with Crippen molar-refractivity contribution in [1.29, 1.82) is 0 Å². The van der Waals surface area contributed by atoms with E-state index in [1.165, 1.54) is 5.56 Å². The fourth-order valence-electron chi connectivity index (χ4n) is 2.73. The molecule has 2 aromatic rings. The minimum absolute atomic E-state index is 0. The van der Waals surface area contributed by atoms with Gasteiger partial charge in [0.25, 0.3) is 0 Å². The highest BCUT2D eigenvalue weighted by molar-refractivity contribution is 5.96. The van der Waals surface area contributed by atoms with Crippen molar-refractivity contribution in [3.05, 3.63) is 65.7 Å². The molecule has 4 heteroatoms. The molecule has 24 heavy (non-hydrogen) atoms. The summed E-state index contributed by atoms with van der Waals surface area (Å²) in [7, 11) is 1.61. The van der Waals surface area contributed by atoms with E-state index in [1.54, 1.807) is 13.2 Å². The van der Waals surface area contributed by atoms with Crippen LogP contribution in [-0.4, -0.2) is 25.0 Å². The minimum atomic E-state index is 0. The van der Waals surface area contributed by atoms with Gasteiger partial charge < -0.3 is 22.5 Å². The van der Waals surface area contributed by atoms with Crippen LogP contribution in [0.1, 0.15) is 36.2 Å². The first-order chi connectivity index (χ1) is 11.0. The molecule has 0 aliphatic carbocycles. The largest absolute Gasteiger partial charge is 1.00 e. The summed E-state index contributed by atoms with van der Waals surface area (Å²) >= 11 is 0. The average molecular weight is 348 g/mol. The lowest BCUT2D eigenvalue weighted by molar-refractivity contribution is -0.719. The van der Waals surface area contributed by atoms with Crippen LogP contribution in [0.25, 0.3) is 0 Å². The molecule has 0 saturated heterocycles. The topological polar surface area (TPSA) is 42.9 Å². The van der Waals surface area contributed by atoms with E-state index in [4.69, 9.17) is 4.74 Å². The third kappa shape index (κ3) is 6.34. The number of halogens is 1. The molecule has 3 nitrogen and oxygen atoms in total. The van der Waals surface area contributed by atoms with Gasteiger partial charge in [-0.2, -0.15) is 0 Å². The standard InChI is InChI=1S/C20H25NO2.ClH/c1-20(2,15-16-8-5-4-6-9-16)21-13-12-19(22)17-10-7-11-18(14-17)23-3;/h4-11,14,21H,12-13,15H2,1-3H3;1H. The summed E-state index contributed by atoms with van der Waals surface area (Å²) in [4.78, 5) is 12.3. The molecule has 2 rings (SSSR count). The number of hydrogen-bond donors (Lipinski definition) is 1. The Kier molecular flexibility index (Phi) is 7.96. The lowest BCUT2D eigenvalue weighted by Gasteiger charge is -2.23. The van der Waals surface area contributed by atoms with Crippen molar-refractivity contribution in [2.45, 2.75) is 32.2 Å². The second-order valence-electron chi connectivity index (χ2n) is 6.55. The highest BCUT2D eigenvalue weighted by Crippen LogP contribution is 2.14. The molecule has 0 aliphatic rings. The first-order valence-corrected chi connectivity index (χ1v) is 8.06. The van der Waals surface area contributed by atoms with Crippen LogP contribution in [0.4, 0.5) is 0 Å². The second kappa shape index (κ2) is 9.45. The minimum Gasteiger partial charge on any atom is -1.00 e. The maximum absolute atomic E-state index is 12.3. The summed E-state index contributed by atoms with van der Waals surface area (Å²) in [5.74, 6) is 0.889. The third-order valence-corrected chi connectivity index (χ3v) is 3.96. The van der Waals surface area contributed by atoms with Crippen LogP contribution >= 0.6 is 0 Å². The van der Waals surface area contributed by atoms with Crippen LogP contribution in [-0.2, 0) is 6.42 Å². The molecule has 0 radical (unpaired) electrons. The number of methoxy groups -OCH3 is 1. The summed E-state index contributed by atoms with van der Waals surface area (Å²) in [6, 6.07) is 17.8. The van der Waals surface area contributed by atoms with Crippen molar-refractivity contribution in [2.24, 2.45) is 0 Å². The Hall–Kier alpha value is -1.84. The normalized spacial score (nSPS) is 10.8. The summed E-state index contributed by atoms with van der Waals surface area (Å²) < 4.78 is 5.17. The van der Waals surface area contributed by atoms with Crippen molar-refractivity contribution in [1.82, 2.24) is 0 Å². The van der Waals surface area contributed by atoms with Gasteiger partial charge in [0, 0.05) is 12.0 Å². The fourth-order valence-corrected chi connectivity index (χ4v) is 2.73. The van der Waals surface area contributed by atoms with Gasteiger partial charge in [-0.25, -0.2) is 0 Å². The van der Waals surface area contributed by atoms with Crippen LogP contribution in [0.15, 0.2) is 54.6 Å². The van der Waals surface area contributed by atoms with E-state index in [-0.39, 0.29) is 23.7 Å². The highest BCUT2D eigenvalue weighted by Gasteiger charge is 2.22. The van der Waals surface area contributed by atoms with Crippen LogP contribution < -0.4 is 22.5 Å². The zero-order chi connectivity index (χ0) is 16.7. The number of carbonyl (C=O) groups excluding carboxylic acids is 1. The van der Waals surface area contributed by atoms with Crippen molar-refractivity contribution in [3.8, 4) is 5.75 Å². The summed E-state index contributed by atoms with van der Waals surface area (Å²) in [5.41, 5.74) is 2.13. The molecular formula is C20H26ClNO2. The molecule has 0 aliphatic heterocycles. The number of nitrogens with two attached hydrogens (primary N) is 1. The molecule has 0 saturated carbocycles. The molecule has 0 fully saturated rings. The van der Waals surface area contributed by atoms with Crippen LogP contribution in [0, 0.1) is 0 Å². The predicted molar refractivity (Wildman–Crippen MR) is 93.0 cm³/mol. The maximum atomic E-state index is 12.3. The van der Waals surface area contributed by atoms with E-state index in [0.29, 0.717) is 6.42 Å². The van der Waals surface area contributed by atoms with E-state index < -0.39 is 0 Å². The molecule has 0 bridgehead atoms. The number of benzene rings is 2. The zero-order valence-electron chi connectivity index (χ0n) is 14.6. The van der Waals surface area contributed by atoms with Gasteiger partial charge in [0.05, 0.1) is 25.6 Å². The van der Waals surface area contributed by atoms with Gasteiger partial charge in [0.2, 0.25) is 0 Å². The number of ether oxygens (including phenoxy) is 1. The van der Waals surface area contributed by atoms with Crippen molar-refractivity contribution < 1.29 is 27.3 Å². The smallest absolute Gasteiger partial charge is 0.168 e. The molecule has 0 amide bonds. The molecule has 0 atom stereocenters. The van der Waals surface area contributed by atoms with Crippen LogP contribution in [0.3, 0.4) is 0 Å². The van der Waals surface area contributed by atoms with E-state index >= 15 is 0 Å². The van der Waals surface area contributed by atoms with Crippen LogP contribution in [0.2, 0.25) is 0 Å². The van der Waals surface area contributed by atoms with Gasteiger partial charge >= 0.3 is 0 Å². The molecule has 2 aromatic carbocycles. The van der Waals surface area contributed by atoms with E-state index in [2.05, 4.69) is 43.4 Å². The van der Waals surface area contributed by atoms with Gasteiger partial charge in [0.1, 0.15) is 5.75 Å². The highest BCUT2D eigenvalue weighted by atomic mass is 35.5. The van der Waals surface area contributed by atoms with Crippen LogP contribution in [0.5, 0.6) is 5.75 Å². The Morgan fingerprint density at radius 1 is 1.08 bits per heavy atom. The molecule has 0 aromatic heterocycles. The van der Waals surface area contributed by atoms with E-state index in [0.717, 1.165) is 24.3 Å². The van der Waals surface area contributed by atoms with Crippen molar-refractivity contribution in [2.75, 3.05) is 13.7 Å². The molecular weight excluding hydrogens is 322 g/mol. The first-order valence-electron chi connectivity index (χ1n) is 8.06. The fraction of sp³-hybridized carbons (Fsp3) is 0.350. The quantitative estimate of drug-likeness (QED) is 0.675. The number of Topliss-reactive ketones (excluding diaryl/α,β-unsaturated/α-hetero) is 1. The molecule has 130 valence electrons. The SMILES string of the molecule is COc1cccc(C(=O)CC[NH2+]C(C)(C)Cc2ccccc2)c1.[Cl-]. The van der Waals surface area contributed by atoms with Gasteiger partial charge in [0.15, 0.2) is 5.78 Å². The summed E-state index contributed by atoms with van der Waals surface area (Å²) in [5, 5.41) is 2.26. The Bertz CT molecular complexity index is 641. The van der Waals surface area contributed by atoms with Crippen molar-refractivity contribution >= 4 is 5.78 Å². The Labute approximate surface area is 150 Å². The van der Waals surface area contributed by atoms with Gasteiger partial charge in [-0.3, -0.25) is 4.79 Å². The maximum Gasteiger partial charge on any atom is 0.168 e. The Morgan fingerprint density at radius 2 is 1.79 bits per heavy atom. The molecule has 0 spiro atoms. The van der Waals surface area contributed by atoms with Gasteiger partial charge in [-0.05, 0) is 31.5 Å². The molecule has 2 N–H and O–H groups in total. The Morgan fingerprint density at radius 3 is 2.46 bits per heavy atom. The molecule has 0 heterocycles. The molecule has 0 unspecified atom stereocenters. The number of ketones is 1. The first kappa shape index (κ1) is 20.2. The van der Waals surface area contributed by atoms with Crippen molar-refractivity contribution in [3.63, 3.8) is 0 Å². The van der Waals surface area contributed by atoms with Gasteiger partial charge in [-0.15, -0.1) is 0 Å². The number of quaternary nitrogens is 1. The average Bonchev–Trinajstić information content (AvgIpc) is 2.55. The van der Waals surface area contributed by atoms with E-state index in [9.17, 15) is 4.79 Å². The van der Waals surface area contributed by atoms with Gasteiger partial charge in [-0.1, -0.05) is 42.5 Å². The van der Waals surface area contributed by atoms with E-state index in [1.807, 2.05) is 24.3 Å². The lowest BCUT2D eigenvalue weighted by atomic mass is 9.94. The number of carbonyl (C=O) groups is 1. The predicted octanol–water partition coefficient (Wildman–Crippen LogP) is -0.143. The number of hydrogen-bond acceptors (Lipinski definition) is 2. The lowest BCUT2D eigenvalue weighted by Crippen LogP contribution is -3.00. The summed E-state index contributed by atoms with van der Waals surface area (Å²) in [6.45, 7) is 5.22.